The summed E-state index contributed by atoms with van der Waals surface area (Å²) in [5, 5.41) is 13.9. The summed E-state index contributed by atoms with van der Waals surface area (Å²) in [6.07, 6.45) is 76.4. The third-order valence-corrected chi connectivity index (χ3v) is 13.8. The highest BCUT2D eigenvalue weighted by molar-refractivity contribution is 7.47. The van der Waals surface area contributed by atoms with Gasteiger partial charge < -0.3 is 19.8 Å². The van der Waals surface area contributed by atoms with Crippen molar-refractivity contribution in [1.82, 2.24) is 5.32 Å². The number of quaternary nitrogens is 1. The van der Waals surface area contributed by atoms with Crippen LogP contribution in [0, 0.1) is 0 Å². The summed E-state index contributed by atoms with van der Waals surface area (Å²) in [7, 11) is 1.55. The van der Waals surface area contributed by atoms with Crippen LogP contribution in [-0.2, 0) is 18.4 Å². The highest BCUT2D eigenvalue weighted by Crippen LogP contribution is 2.43. The van der Waals surface area contributed by atoms with E-state index in [0.717, 1.165) is 96.3 Å². The molecule has 0 aromatic carbocycles. The minimum Gasteiger partial charge on any atom is -0.387 e. The van der Waals surface area contributed by atoms with Crippen molar-refractivity contribution in [2.45, 2.75) is 257 Å². The predicted octanol–water partition coefficient (Wildman–Crippen LogP) is 18.2. The van der Waals surface area contributed by atoms with Crippen LogP contribution in [0.4, 0.5) is 0 Å². The lowest BCUT2D eigenvalue weighted by Gasteiger charge is -2.25. The van der Waals surface area contributed by atoms with Crippen molar-refractivity contribution in [1.29, 1.82) is 0 Å². The molecular formula is C63H114N2O6P+. The number of amides is 1. The lowest BCUT2D eigenvalue weighted by Crippen LogP contribution is -2.45. The average Bonchev–Trinajstić information content (AvgIpc) is 3.34. The van der Waals surface area contributed by atoms with Gasteiger partial charge in [-0.2, -0.15) is 0 Å². The Bertz CT molecular complexity index is 1490. The highest BCUT2D eigenvalue weighted by Gasteiger charge is 2.27. The van der Waals surface area contributed by atoms with Crippen LogP contribution in [0.15, 0.2) is 97.2 Å². The van der Waals surface area contributed by atoms with Gasteiger partial charge in [-0.15, -0.1) is 0 Å². The lowest BCUT2D eigenvalue weighted by atomic mass is 10.0. The van der Waals surface area contributed by atoms with E-state index in [1.54, 1.807) is 6.08 Å². The largest absolute Gasteiger partial charge is 0.472 e. The number of likely N-dealkylation sites (N-methyl/N-ethyl adjacent to an activating group) is 1. The molecule has 0 radical (unpaired) electrons. The minimum absolute atomic E-state index is 0.0545. The van der Waals surface area contributed by atoms with Crippen LogP contribution < -0.4 is 5.32 Å². The van der Waals surface area contributed by atoms with Gasteiger partial charge in [0.1, 0.15) is 13.2 Å². The molecule has 3 atom stereocenters. The number of hydrogen-bond acceptors (Lipinski definition) is 5. The number of phosphoric acid groups is 1. The maximum atomic E-state index is 13.0. The molecule has 0 saturated carbocycles. The summed E-state index contributed by atoms with van der Waals surface area (Å²) < 4.78 is 23.7. The van der Waals surface area contributed by atoms with Gasteiger partial charge >= 0.3 is 7.82 Å². The van der Waals surface area contributed by atoms with Crippen LogP contribution in [0.5, 0.6) is 0 Å². The number of carbonyl (C=O) groups excluding carboxylic acids is 1. The van der Waals surface area contributed by atoms with E-state index in [1.807, 2.05) is 27.2 Å². The van der Waals surface area contributed by atoms with Crippen molar-refractivity contribution in [3.63, 3.8) is 0 Å². The summed E-state index contributed by atoms with van der Waals surface area (Å²) in [5.74, 6) is -0.190. The number of carbonyl (C=O) groups is 1. The van der Waals surface area contributed by atoms with E-state index >= 15 is 0 Å². The van der Waals surface area contributed by atoms with E-state index in [1.165, 1.54) is 128 Å². The molecule has 0 fully saturated rings. The van der Waals surface area contributed by atoms with Gasteiger partial charge in [-0.3, -0.25) is 13.8 Å². The maximum Gasteiger partial charge on any atom is 0.472 e. The van der Waals surface area contributed by atoms with Crippen LogP contribution in [-0.4, -0.2) is 73.4 Å². The molecule has 0 aliphatic rings. The second kappa shape index (κ2) is 53.3. The van der Waals surface area contributed by atoms with Gasteiger partial charge in [0, 0.05) is 6.42 Å². The fourth-order valence-electron chi connectivity index (χ4n) is 8.20. The van der Waals surface area contributed by atoms with Crippen LogP contribution in [0.1, 0.15) is 245 Å². The number of hydrogen-bond donors (Lipinski definition) is 3. The second-order valence-electron chi connectivity index (χ2n) is 21.0. The molecule has 72 heavy (non-hydrogen) atoms. The summed E-state index contributed by atoms with van der Waals surface area (Å²) in [6.45, 7) is 4.70. The molecule has 0 aromatic heterocycles. The van der Waals surface area contributed by atoms with E-state index in [2.05, 4.69) is 104 Å². The van der Waals surface area contributed by atoms with Gasteiger partial charge in [0.15, 0.2) is 0 Å². The molecule has 3 unspecified atom stereocenters. The van der Waals surface area contributed by atoms with Crippen LogP contribution in [0.2, 0.25) is 0 Å². The molecule has 8 nitrogen and oxygen atoms in total. The van der Waals surface area contributed by atoms with Gasteiger partial charge in [0.25, 0.3) is 0 Å². The number of phosphoric ester groups is 1. The number of aliphatic hydroxyl groups excluding tert-OH is 1. The third-order valence-electron chi connectivity index (χ3n) is 12.8. The molecule has 0 saturated heterocycles. The molecular weight excluding hydrogens is 912 g/mol. The number of unbranched alkanes of at least 4 members (excludes halogenated alkanes) is 26. The zero-order valence-corrected chi connectivity index (χ0v) is 48.3. The van der Waals surface area contributed by atoms with Crippen molar-refractivity contribution in [3.05, 3.63) is 97.2 Å². The molecule has 1 amide bonds. The van der Waals surface area contributed by atoms with E-state index in [9.17, 15) is 19.4 Å². The first-order valence-corrected chi connectivity index (χ1v) is 31.1. The standard InChI is InChI=1S/C63H113N2O6P/c1-6-8-10-12-14-16-18-20-22-24-26-28-29-30-31-32-33-34-35-37-39-41-43-45-47-49-51-53-55-57-63(67)64-61(60-71-72(68,69)70-59-58-65(3,4)5)62(66)56-54-52-50-48-46-44-42-40-38-36-27-25-23-21-19-17-15-13-11-9-7-2/h8,10,14,16,20,22,26,28,30-31,33-34,37,39,54,56,61-62,66H,6-7,9,11-13,15,17-19,21,23-25,27,29,32,35-36,38,40-53,55,57-60H2,1-5H3,(H-,64,67,68,69)/p+1/b10-8-,16-14-,22-20-,28-26-,31-30-,34-33-,39-37-,56-54+. The number of allylic oxidation sites excluding steroid dienone is 15. The minimum atomic E-state index is -4.36. The fourth-order valence-corrected chi connectivity index (χ4v) is 8.93. The van der Waals surface area contributed by atoms with Crippen LogP contribution in [0.25, 0.3) is 0 Å². The van der Waals surface area contributed by atoms with Crippen molar-refractivity contribution in [2.75, 3.05) is 40.9 Å². The average molecular weight is 1030 g/mol. The summed E-state index contributed by atoms with van der Waals surface area (Å²) >= 11 is 0. The number of rotatable bonds is 53. The Kier molecular flexibility index (Phi) is 51.3. The van der Waals surface area contributed by atoms with Crippen LogP contribution >= 0.6 is 7.82 Å². The Labute approximate surface area is 445 Å². The Hall–Kier alpha value is -2.58. The zero-order valence-electron chi connectivity index (χ0n) is 47.4. The monoisotopic (exact) mass is 1030 g/mol. The van der Waals surface area contributed by atoms with Crippen molar-refractivity contribution >= 4 is 13.7 Å². The first-order chi connectivity index (χ1) is 35.0. The second-order valence-corrected chi connectivity index (χ2v) is 22.4. The smallest absolute Gasteiger partial charge is 0.387 e. The number of aliphatic hydroxyl groups is 1. The molecule has 3 N–H and O–H groups in total. The molecule has 0 spiro atoms. The van der Waals surface area contributed by atoms with Gasteiger partial charge in [-0.05, 0) is 77.0 Å². The quantitative estimate of drug-likeness (QED) is 0.0243. The molecule has 416 valence electrons. The lowest BCUT2D eigenvalue weighted by molar-refractivity contribution is -0.870. The molecule has 0 bridgehead atoms. The van der Waals surface area contributed by atoms with Gasteiger partial charge in [0.05, 0.1) is 39.9 Å². The normalized spacial score (nSPS) is 14.6. The van der Waals surface area contributed by atoms with Gasteiger partial charge in [0.2, 0.25) is 5.91 Å². The summed E-state index contributed by atoms with van der Waals surface area (Å²) in [6, 6.07) is -0.860. The molecule has 0 heterocycles. The Balaban J connectivity index is 4.26. The van der Waals surface area contributed by atoms with Crippen molar-refractivity contribution in [3.8, 4) is 0 Å². The number of nitrogens with one attached hydrogen (secondary N) is 1. The Morgan fingerprint density at radius 2 is 0.833 bits per heavy atom. The molecule has 0 aromatic rings. The first kappa shape index (κ1) is 69.4. The predicted molar refractivity (Wildman–Crippen MR) is 313 cm³/mol. The Morgan fingerprint density at radius 1 is 0.486 bits per heavy atom. The zero-order chi connectivity index (χ0) is 52.7. The van der Waals surface area contributed by atoms with Crippen molar-refractivity contribution < 1.29 is 32.9 Å². The fraction of sp³-hybridized carbons (Fsp3) is 0.730. The van der Waals surface area contributed by atoms with E-state index in [0.29, 0.717) is 17.4 Å². The Morgan fingerprint density at radius 3 is 1.22 bits per heavy atom. The summed E-state index contributed by atoms with van der Waals surface area (Å²) in [5.41, 5.74) is 0. The van der Waals surface area contributed by atoms with Crippen molar-refractivity contribution in [2.24, 2.45) is 0 Å². The van der Waals surface area contributed by atoms with E-state index in [4.69, 9.17) is 9.05 Å². The third kappa shape index (κ3) is 55.2. The van der Waals surface area contributed by atoms with E-state index in [-0.39, 0.29) is 19.1 Å². The topological polar surface area (TPSA) is 105 Å². The number of nitrogens with zero attached hydrogens (tertiary/aromatic N) is 1. The van der Waals surface area contributed by atoms with Gasteiger partial charge in [-0.1, -0.05) is 259 Å². The van der Waals surface area contributed by atoms with E-state index < -0.39 is 20.0 Å². The molecule has 9 heteroatoms. The molecule has 0 rings (SSSR count). The first-order valence-electron chi connectivity index (χ1n) is 29.6. The molecule has 0 aliphatic carbocycles. The maximum absolute atomic E-state index is 13.0. The SMILES string of the molecule is CC/C=C\C/C=C\C/C=C\C/C=C\C/C=C\C/C=C\C/C=C\CCCCCCCCCC(=O)NC(COP(=O)(O)OCC[N+](C)(C)C)C(O)/C=C/CCCCCCCCCCCCCCCCCCCCC. The molecule has 0 aliphatic heterocycles. The van der Waals surface area contributed by atoms with Gasteiger partial charge in [-0.25, -0.2) is 4.57 Å². The summed E-state index contributed by atoms with van der Waals surface area (Å²) in [4.78, 5) is 23.3. The highest BCUT2D eigenvalue weighted by atomic mass is 31.2. The van der Waals surface area contributed by atoms with Crippen LogP contribution in [0.3, 0.4) is 0 Å².